The third-order valence-electron chi connectivity index (χ3n) is 1.73. The molecule has 0 heterocycles. The Labute approximate surface area is 79.2 Å². The van der Waals surface area contributed by atoms with Gasteiger partial charge in [-0.15, -0.1) is 0 Å². The number of carbonyl (C=O) groups is 1. The molecule has 1 N–H and O–H groups in total. The van der Waals surface area contributed by atoms with Crippen LogP contribution >= 0.6 is 0 Å². The van der Waals surface area contributed by atoms with E-state index in [1.165, 1.54) is 11.1 Å². The molecule has 0 aromatic heterocycles. The Balaban J connectivity index is 0.000000252. The van der Waals surface area contributed by atoms with E-state index in [0.29, 0.717) is 0 Å². The quantitative estimate of drug-likeness (QED) is 0.721. The summed E-state index contributed by atoms with van der Waals surface area (Å²) in [5, 5.41) is 7.72. The third-order valence-corrected chi connectivity index (χ3v) is 1.73. The van der Waals surface area contributed by atoms with Gasteiger partial charge in [0, 0.05) is 6.42 Å². The Bertz CT molecular complexity index is 246. The molecule has 1 aromatic rings. The van der Waals surface area contributed by atoms with E-state index in [-0.39, 0.29) is 6.42 Å². The van der Waals surface area contributed by atoms with Gasteiger partial charge in [0.15, 0.2) is 0 Å². The maximum Gasteiger partial charge on any atom is 0.303 e. The molecule has 0 amide bonds. The Morgan fingerprint density at radius 3 is 1.69 bits per heavy atom. The largest absolute Gasteiger partial charge is 0.481 e. The van der Waals surface area contributed by atoms with E-state index in [9.17, 15) is 4.79 Å². The van der Waals surface area contributed by atoms with E-state index in [1.807, 2.05) is 0 Å². The Hall–Kier alpha value is -1.31. The van der Waals surface area contributed by atoms with Crippen molar-refractivity contribution in [1.82, 2.24) is 0 Å². The summed E-state index contributed by atoms with van der Waals surface area (Å²) in [6, 6.07) is 8.36. The van der Waals surface area contributed by atoms with Crippen molar-refractivity contribution in [1.29, 1.82) is 0 Å². The fraction of sp³-hybridized carbons (Fsp3) is 0.364. The minimum absolute atomic E-state index is 0.222. The van der Waals surface area contributed by atoms with Gasteiger partial charge in [-0.25, -0.2) is 0 Å². The molecule has 1 rings (SSSR count). The molecule has 0 radical (unpaired) electrons. The van der Waals surface area contributed by atoms with Crippen molar-refractivity contribution in [3.63, 3.8) is 0 Å². The molecule has 0 saturated carbocycles. The number of benzene rings is 1. The van der Waals surface area contributed by atoms with Gasteiger partial charge in [-0.1, -0.05) is 31.2 Å². The highest BCUT2D eigenvalue weighted by molar-refractivity contribution is 5.66. The summed E-state index contributed by atoms with van der Waals surface area (Å²) in [7, 11) is 0. The Kier molecular flexibility index (Phi) is 5.60. The lowest BCUT2D eigenvalue weighted by Crippen LogP contribution is -1.86. The van der Waals surface area contributed by atoms with Crippen molar-refractivity contribution >= 4 is 5.97 Å². The number of aryl methyl sites for hydroxylation is 2. The van der Waals surface area contributed by atoms with Gasteiger partial charge >= 0.3 is 5.97 Å². The Morgan fingerprint density at radius 1 is 1.23 bits per heavy atom. The van der Waals surface area contributed by atoms with Crippen LogP contribution in [0.25, 0.3) is 0 Å². The number of carboxylic acid groups (broad SMARTS) is 1. The molecule has 0 spiro atoms. The lowest BCUT2D eigenvalue weighted by atomic mass is 10.1. The predicted octanol–water partition coefficient (Wildman–Crippen LogP) is 2.78. The fourth-order valence-corrected chi connectivity index (χ4v) is 0.663. The van der Waals surface area contributed by atoms with E-state index in [0.717, 1.165) is 0 Å². The average Bonchev–Trinajstić information content (AvgIpc) is 2.11. The van der Waals surface area contributed by atoms with Gasteiger partial charge in [-0.2, -0.15) is 0 Å². The first-order valence-electron chi connectivity index (χ1n) is 4.32. The first-order chi connectivity index (χ1) is 6.07. The first kappa shape index (κ1) is 11.7. The van der Waals surface area contributed by atoms with Crippen LogP contribution in [0.1, 0.15) is 24.5 Å². The van der Waals surface area contributed by atoms with Gasteiger partial charge < -0.3 is 5.11 Å². The minimum Gasteiger partial charge on any atom is -0.481 e. The lowest BCUT2D eigenvalue weighted by Gasteiger charge is -1.93. The highest BCUT2D eigenvalue weighted by Crippen LogP contribution is 2.02. The summed E-state index contributed by atoms with van der Waals surface area (Å²) < 4.78 is 0. The molecule has 72 valence electrons. The van der Waals surface area contributed by atoms with E-state index in [4.69, 9.17) is 5.11 Å². The highest BCUT2D eigenvalue weighted by Gasteiger charge is 1.83. The van der Waals surface area contributed by atoms with Crippen LogP contribution in [0.4, 0.5) is 0 Å². The number of carboxylic acids is 1. The second kappa shape index (κ2) is 6.23. The van der Waals surface area contributed by atoms with Gasteiger partial charge in [0.2, 0.25) is 0 Å². The number of rotatable bonds is 1. The van der Waals surface area contributed by atoms with Gasteiger partial charge in [0.1, 0.15) is 0 Å². The van der Waals surface area contributed by atoms with Gasteiger partial charge in [-0.3, -0.25) is 4.79 Å². The van der Waals surface area contributed by atoms with Crippen LogP contribution < -0.4 is 0 Å². The lowest BCUT2D eigenvalue weighted by molar-refractivity contribution is -0.136. The van der Waals surface area contributed by atoms with Crippen LogP contribution in [-0.4, -0.2) is 11.1 Å². The molecule has 0 aliphatic heterocycles. The molecule has 0 atom stereocenters. The second-order valence-electron chi connectivity index (χ2n) is 2.83. The smallest absolute Gasteiger partial charge is 0.303 e. The molecule has 0 bridgehead atoms. The summed E-state index contributed by atoms with van der Waals surface area (Å²) in [5.41, 5.74) is 2.74. The topological polar surface area (TPSA) is 37.3 Å². The van der Waals surface area contributed by atoms with E-state index in [1.54, 1.807) is 6.92 Å². The molecule has 0 saturated heterocycles. The molecule has 0 unspecified atom stereocenters. The normalized spacial score (nSPS) is 8.54. The number of hydrogen-bond donors (Lipinski definition) is 1. The van der Waals surface area contributed by atoms with Crippen molar-refractivity contribution in [2.24, 2.45) is 0 Å². The zero-order chi connectivity index (χ0) is 10.3. The Morgan fingerprint density at radius 2 is 1.54 bits per heavy atom. The van der Waals surface area contributed by atoms with Crippen LogP contribution in [0, 0.1) is 13.8 Å². The average molecular weight is 180 g/mol. The maximum atomic E-state index is 9.37. The molecule has 0 fully saturated rings. The van der Waals surface area contributed by atoms with Crippen molar-refractivity contribution in [2.45, 2.75) is 27.2 Å². The minimum atomic E-state index is -0.745. The van der Waals surface area contributed by atoms with Crippen LogP contribution in [0.5, 0.6) is 0 Å². The molecule has 13 heavy (non-hydrogen) atoms. The number of aliphatic carboxylic acids is 1. The molecule has 2 nitrogen and oxygen atoms in total. The molecule has 0 aliphatic carbocycles. The standard InChI is InChI=1S/C8H10.C3H6O2/c1-7-5-3-4-6-8(7)2;1-2-3(4)5/h3-6H,1-2H3;2H2,1H3,(H,4,5). The fourth-order valence-electron chi connectivity index (χ4n) is 0.663. The van der Waals surface area contributed by atoms with E-state index in [2.05, 4.69) is 38.1 Å². The summed E-state index contributed by atoms with van der Waals surface area (Å²) in [4.78, 5) is 9.37. The van der Waals surface area contributed by atoms with Crippen molar-refractivity contribution in [2.75, 3.05) is 0 Å². The molecule has 2 heteroatoms. The monoisotopic (exact) mass is 180 g/mol. The number of hydrogen-bond acceptors (Lipinski definition) is 1. The van der Waals surface area contributed by atoms with Crippen LogP contribution in [0.2, 0.25) is 0 Å². The molecule has 1 aromatic carbocycles. The van der Waals surface area contributed by atoms with Gasteiger partial charge in [-0.05, 0) is 25.0 Å². The molecular formula is C11H16O2. The summed E-state index contributed by atoms with van der Waals surface area (Å²) in [5.74, 6) is -0.745. The summed E-state index contributed by atoms with van der Waals surface area (Å²) in [6.45, 7) is 5.84. The predicted molar refractivity (Wildman–Crippen MR) is 53.8 cm³/mol. The molecular weight excluding hydrogens is 164 g/mol. The highest BCUT2D eigenvalue weighted by atomic mass is 16.4. The molecule has 0 aliphatic rings. The van der Waals surface area contributed by atoms with Crippen molar-refractivity contribution in [3.8, 4) is 0 Å². The van der Waals surface area contributed by atoms with Crippen LogP contribution in [0.3, 0.4) is 0 Å². The van der Waals surface area contributed by atoms with E-state index >= 15 is 0 Å². The zero-order valence-electron chi connectivity index (χ0n) is 8.37. The van der Waals surface area contributed by atoms with Crippen molar-refractivity contribution in [3.05, 3.63) is 35.4 Å². The first-order valence-corrected chi connectivity index (χ1v) is 4.32. The van der Waals surface area contributed by atoms with Gasteiger partial charge in [0.25, 0.3) is 0 Å². The van der Waals surface area contributed by atoms with E-state index < -0.39 is 5.97 Å². The van der Waals surface area contributed by atoms with Crippen LogP contribution in [0.15, 0.2) is 24.3 Å². The van der Waals surface area contributed by atoms with Gasteiger partial charge in [0.05, 0.1) is 0 Å². The van der Waals surface area contributed by atoms with Crippen molar-refractivity contribution < 1.29 is 9.90 Å². The summed E-state index contributed by atoms with van der Waals surface area (Å²) >= 11 is 0. The third kappa shape index (κ3) is 5.91. The van der Waals surface area contributed by atoms with Crippen LogP contribution in [-0.2, 0) is 4.79 Å². The zero-order valence-corrected chi connectivity index (χ0v) is 8.37. The SMILES string of the molecule is CCC(=O)O.Cc1ccccc1C. The maximum absolute atomic E-state index is 9.37. The second-order valence-corrected chi connectivity index (χ2v) is 2.83. The summed E-state index contributed by atoms with van der Waals surface area (Å²) in [6.07, 6.45) is 0.222.